The van der Waals surface area contributed by atoms with E-state index >= 15 is 4.39 Å². The Labute approximate surface area is 164 Å². The number of hydrogen-bond acceptors (Lipinski definition) is 5. The van der Waals surface area contributed by atoms with Crippen molar-refractivity contribution in [2.24, 2.45) is 5.92 Å². The van der Waals surface area contributed by atoms with Crippen molar-refractivity contribution in [3.05, 3.63) is 71.8 Å². The van der Waals surface area contributed by atoms with Gasteiger partial charge in [0.2, 0.25) is 5.85 Å². The maximum absolute atomic E-state index is 15.2. The summed E-state index contributed by atoms with van der Waals surface area (Å²) < 4.78 is 32.2. The zero-order valence-electron chi connectivity index (χ0n) is 15.8. The summed E-state index contributed by atoms with van der Waals surface area (Å²) in [6.45, 7) is 1.46. The zero-order chi connectivity index (χ0) is 20.0. The van der Waals surface area contributed by atoms with Gasteiger partial charge in [-0.3, -0.25) is 4.79 Å². The van der Waals surface area contributed by atoms with E-state index in [9.17, 15) is 9.90 Å². The molecular formula is C22H25FO5. The van der Waals surface area contributed by atoms with Gasteiger partial charge < -0.3 is 19.3 Å². The van der Waals surface area contributed by atoms with Gasteiger partial charge in [0.1, 0.15) is 23.9 Å². The first-order chi connectivity index (χ1) is 13.5. The molecule has 5 nitrogen and oxygen atoms in total. The number of aliphatic hydroxyl groups is 1. The Hall–Kier alpha value is -2.12. The van der Waals surface area contributed by atoms with Crippen LogP contribution in [0.15, 0.2) is 60.7 Å². The summed E-state index contributed by atoms with van der Waals surface area (Å²) in [6, 6.07) is 18.8. The van der Waals surface area contributed by atoms with E-state index < -0.39 is 29.8 Å². The van der Waals surface area contributed by atoms with Crippen molar-refractivity contribution in [2.75, 3.05) is 13.2 Å². The van der Waals surface area contributed by atoms with E-state index in [2.05, 4.69) is 0 Å². The van der Waals surface area contributed by atoms with Gasteiger partial charge >= 0.3 is 0 Å². The second-order valence-corrected chi connectivity index (χ2v) is 6.98. The average molecular weight is 388 g/mol. The van der Waals surface area contributed by atoms with E-state index in [-0.39, 0.29) is 19.8 Å². The Bertz CT molecular complexity index is 750. The first-order valence-corrected chi connectivity index (χ1v) is 9.29. The van der Waals surface area contributed by atoms with Crippen LogP contribution < -0.4 is 0 Å². The molecule has 0 saturated carbocycles. The lowest BCUT2D eigenvalue weighted by atomic mass is 9.87. The van der Waals surface area contributed by atoms with Crippen LogP contribution in [0.3, 0.4) is 0 Å². The maximum atomic E-state index is 15.2. The molecule has 4 unspecified atom stereocenters. The topological polar surface area (TPSA) is 65.0 Å². The Kier molecular flexibility index (Phi) is 6.91. The smallest absolute Gasteiger partial charge is 0.247 e. The summed E-state index contributed by atoms with van der Waals surface area (Å²) in [5.41, 5.74) is 1.80. The number of halogens is 1. The fraction of sp³-hybridized carbons (Fsp3) is 0.409. The first-order valence-electron chi connectivity index (χ1n) is 9.29. The number of ether oxygens (including phenoxy) is 3. The maximum Gasteiger partial charge on any atom is 0.247 e. The summed E-state index contributed by atoms with van der Waals surface area (Å²) in [4.78, 5) is 11.8. The number of hydrogen-bond donors (Lipinski definition) is 1. The number of Topliss-reactive ketones (excluding diaryl/α,β-unsaturated/α-hetero) is 1. The molecule has 28 heavy (non-hydrogen) atoms. The van der Waals surface area contributed by atoms with Crippen molar-refractivity contribution in [1.29, 1.82) is 0 Å². The van der Waals surface area contributed by atoms with Gasteiger partial charge in [0.25, 0.3) is 0 Å². The molecule has 1 saturated heterocycles. The third-order valence-electron chi connectivity index (χ3n) is 4.86. The molecule has 0 spiro atoms. The minimum Gasteiger partial charge on any atom is -0.374 e. The van der Waals surface area contributed by atoms with Crippen molar-refractivity contribution >= 4 is 5.78 Å². The zero-order valence-corrected chi connectivity index (χ0v) is 15.8. The number of benzene rings is 2. The molecule has 2 aromatic rings. The highest BCUT2D eigenvalue weighted by molar-refractivity contribution is 5.79. The van der Waals surface area contributed by atoms with Crippen LogP contribution >= 0.6 is 0 Å². The van der Waals surface area contributed by atoms with Crippen LogP contribution in [0.25, 0.3) is 0 Å². The lowest BCUT2D eigenvalue weighted by Gasteiger charge is -2.42. The molecule has 0 aliphatic carbocycles. The predicted octanol–water partition coefficient (Wildman–Crippen LogP) is 3.05. The molecular weight excluding hydrogens is 363 g/mol. The molecule has 0 bridgehead atoms. The summed E-state index contributed by atoms with van der Waals surface area (Å²) in [5.74, 6) is -4.61. The highest BCUT2D eigenvalue weighted by Gasteiger charge is 2.55. The molecule has 6 heteroatoms. The molecule has 1 aliphatic heterocycles. The molecule has 1 fully saturated rings. The van der Waals surface area contributed by atoms with Crippen molar-refractivity contribution in [3.63, 3.8) is 0 Å². The normalized spacial score (nSPS) is 27.5. The molecule has 150 valence electrons. The van der Waals surface area contributed by atoms with Crippen LogP contribution in [0, 0.1) is 5.92 Å². The second kappa shape index (κ2) is 9.39. The van der Waals surface area contributed by atoms with Gasteiger partial charge in [-0.1, -0.05) is 60.7 Å². The Morgan fingerprint density at radius 2 is 1.68 bits per heavy atom. The lowest BCUT2D eigenvalue weighted by molar-refractivity contribution is -0.293. The van der Waals surface area contributed by atoms with Gasteiger partial charge in [0.05, 0.1) is 26.4 Å². The van der Waals surface area contributed by atoms with Crippen LogP contribution in [0.4, 0.5) is 4.39 Å². The molecule has 1 N–H and O–H groups in total. The van der Waals surface area contributed by atoms with Crippen LogP contribution in [-0.2, 0) is 32.2 Å². The lowest BCUT2D eigenvalue weighted by Crippen LogP contribution is -2.61. The highest BCUT2D eigenvalue weighted by atomic mass is 19.2. The number of carbonyl (C=O) groups excluding carboxylic acids is 1. The van der Waals surface area contributed by atoms with Gasteiger partial charge in [-0.05, 0) is 18.1 Å². The minimum absolute atomic E-state index is 0.0329. The molecule has 1 heterocycles. The van der Waals surface area contributed by atoms with E-state index in [0.717, 1.165) is 11.1 Å². The molecule has 0 radical (unpaired) electrons. The van der Waals surface area contributed by atoms with E-state index in [1.54, 1.807) is 0 Å². The third kappa shape index (κ3) is 5.02. The van der Waals surface area contributed by atoms with Crippen molar-refractivity contribution in [3.8, 4) is 0 Å². The number of alkyl halides is 1. The van der Waals surface area contributed by atoms with E-state index in [1.807, 2.05) is 60.7 Å². The number of carbonyl (C=O) groups is 1. The first kappa shape index (κ1) is 20.6. The van der Waals surface area contributed by atoms with Crippen molar-refractivity contribution < 1.29 is 28.5 Å². The van der Waals surface area contributed by atoms with E-state index in [1.165, 1.54) is 6.92 Å². The Morgan fingerprint density at radius 3 is 2.25 bits per heavy atom. The van der Waals surface area contributed by atoms with E-state index in [4.69, 9.17) is 14.2 Å². The average Bonchev–Trinajstić information content (AvgIpc) is 2.68. The standard InChI is InChI=1S/C22H25FO5/c1-16(24)19-14-27-20(15-26-12-17-8-4-2-5-9-17)21(22(19,23)25)28-13-18-10-6-3-7-11-18/h2-11,19-21,25H,12-15H2,1H3. The fourth-order valence-corrected chi connectivity index (χ4v) is 3.27. The van der Waals surface area contributed by atoms with Gasteiger partial charge in [0, 0.05) is 0 Å². The molecule has 4 atom stereocenters. The monoisotopic (exact) mass is 388 g/mol. The van der Waals surface area contributed by atoms with Gasteiger partial charge in [-0.25, -0.2) is 4.39 Å². The number of rotatable bonds is 8. The third-order valence-corrected chi connectivity index (χ3v) is 4.86. The highest BCUT2D eigenvalue weighted by Crippen LogP contribution is 2.35. The summed E-state index contributed by atoms with van der Waals surface area (Å²) in [6.07, 6.45) is -2.18. The fourth-order valence-electron chi connectivity index (χ4n) is 3.27. The van der Waals surface area contributed by atoms with E-state index in [0.29, 0.717) is 6.61 Å². The molecule has 3 rings (SSSR count). The summed E-state index contributed by atoms with van der Waals surface area (Å²) >= 11 is 0. The minimum atomic E-state index is -2.83. The van der Waals surface area contributed by atoms with Crippen molar-refractivity contribution in [2.45, 2.75) is 38.2 Å². The SMILES string of the molecule is CC(=O)C1COC(COCc2ccccc2)C(OCc2ccccc2)C1(O)F. The van der Waals surface area contributed by atoms with Gasteiger partial charge in [-0.15, -0.1) is 0 Å². The number of ketones is 1. The molecule has 1 aliphatic rings. The molecule has 2 aromatic carbocycles. The van der Waals surface area contributed by atoms with Crippen LogP contribution in [0.5, 0.6) is 0 Å². The van der Waals surface area contributed by atoms with Crippen molar-refractivity contribution in [1.82, 2.24) is 0 Å². The quantitative estimate of drug-likeness (QED) is 0.753. The van der Waals surface area contributed by atoms with Crippen LogP contribution in [0.2, 0.25) is 0 Å². The van der Waals surface area contributed by atoms with Crippen LogP contribution in [0.1, 0.15) is 18.1 Å². The predicted molar refractivity (Wildman–Crippen MR) is 101 cm³/mol. The molecule has 0 aromatic heterocycles. The van der Waals surface area contributed by atoms with Crippen LogP contribution in [-0.4, -0.2) is 42.2 Å². The summed E-state index contributed by atoms with van der Waals surface area (Å²) in [5, 5.41) is 10.5. The Morgan fingerprint density at radius 1 is 1.11 bits per heavy atom. The largest absolute Gasteiger partial charge is 0.374 e. The Balaban J connectivity index is 1.68. The van der Waals surface area contributed by atoms with Gasteiger partial charge in [0.15, 0.2) is 0 Å². The molecule has 0 amide bonds. The second-order valence-electron chi connectivity index (χ2n) is 6.98. The summed E-state index contributed by atoms with van der Waals surface area (Å²) in [7, 11) is 0. The van der Waals surface area contributed by atoms with Gasteiger partial charge in [-0.2, -0.15) is 0 Å².